The van der Waals surface area contributed by atoms with Crippen molar-refractivity contribution in [3.8, 4) is 11.5 Å². The van der Waals surface area contributed by atoms with Gasteiger partial charge in [0.1, 0.15) is 11.5 Å². The Labute approximate surface area is 156 Å². The summed E-state index contributed by atoms with van der Waals surface area (Å²) in [5, 5.41) is 9.82. The molecule has 26 heavy (non-hydrogen) atoms. The molecule has 0 aromatic heterocycles. The first-order valence-electron chi connectivity index (χ1n) is 10.2. The molecule has 0 radical (unpaired) electrons. The fourth-order valence-corrected chi connectivity index (χ4v) is 4.19. The number of carbonyl (C=O) groups is 1. The molecule has 1 N–H and O–H groups in total. The fraction of sp³-hybridized carbons (Fsp3) is 0.667. The number of phenolic OH excluding ortho intramolecular Hbond substituents is 1. The number of phenols is 1. The van der Waals surface area contributed by atoms with Crippen LogP contribution in [0.1, 0.15) is 51.9 Å². The summed E-state index contributed by atoms with van der Waals surface area (Å²) in [7, 11) is 0. The molecule has 1 aliphatic carbocycles. The van der Waals surface area contributed by atoms with Gasteiger partial charge >= 0.3 is 0 Å². The second kappa shape index (κ2) is 9.15. The molecule has 1 heterocycles. The van der Waals surface area contributed by atoms with Gasteiger partial charge in [0.2, 0.25) is 5.91 Å². The van der Waals surface area contributed by atoms with Crippen LogP contribution in [0.5, 0.6) is 11.5 Å². The molecule has 0 bridgehead atoms. The van der Waals surface area contributed by atoms with E-state index in [1.54, 1.807) is 12.1 Å². The Morgan fingerprint density at radius 3 is 2.58 bits per heavy atom. The van der Waals surface area contributed by atoms with Crippen LogP contribution in [0.3, 0.4) is 0 Å². The average Bonchev–Trinajstić information content (AvgIpc) is 2.68. The quantitative estimate of drug-likeness (QED) is 0.838. The number of nitrogens with zero attached hydrogens (tertiary/aromatic N) is 2. The lowest BCUT2D eigenvalue weighted by molar-refractivity contribution is -0.131. The minimum absolute atomic E-state index is 0.245. The first-order valence-corrected chi connectivity index (χ1v) is 10.2. The van der Waals surface area contributed by atoms with Crippen molar-refractivity contribution < 1.29 is 14.6 Å². The van der Waals surface area contributed by atoms with Crippen molar-refractivity contribution in [3.05, 3.63) is 18.2 Å². The zero-order chi connectivity index (χ0) is 18.4. The summed E-state index contributed by atoms with van der Waals surface area (Å²) in [5.41, 5.74) is 0.918. The van der Waals surface area contributed by atoms with Crippen LogP contribution in [-0.4, -0.2) is 48.7 Å². The summed E-state index contributed by atoms with van der Waals surface area (Å²) >= 11 is 0. The van der Waals surface area contributed by atoms with E-state index in [1.807, 2.05) is 17.9 Å². The van der Waals surface area contributed by atoms with Gasteiger partial charge in [-0.3, -0.25) is 4.79 Å². The molecule has 5 nitrogen and oxygen atoms in total. The number of rotatable bonds is 6. The van der Waals surface area contributed by atoms with Gasteiger partial charge in [0.15, 0.2) is 0 Å². The fourth-order valence-electron chi connectivity index (χ4n) is 4.19. The number of anilines is 1. The topological polar surface area (TPSA) is 53.0 Å². The van der Waals surface area contributed by atoms with E-state index in [2.05, 4.69) is 4.90 Å². The Morgan fingerprint density at radius 2 is 1.88 bits per heavy atom. The van der Waals surface area contributed by atoms with Crippen molar-refractivity contribution in [2.45, 2.75) is 51.9 Å². The van der Waals surface area contributed by atoms with Gasteiger partial charge in [-0.25, -0.2) is 0 Å². The van der Waals surface area contributed by atoms with Crippen LogP contribution in [0.4, 0.5) is 5.69 Å². The molecule has 2 aliphatic rings. The van der Waals surface area contributed by atoms with E-state index >= 15 is 0 Å². The highest BCUT2D eigenvalue weighted by molar-refractivity contribution is 5.76. The molecule has 0 unspecified atom stereocenters. The SMILES string of the molecule is CCOc1ccc(O)cc1N1CCN(C(=O)CCC2CCCCC2)CC1. The molecule has 5 heteroatoms. The van der Waals surface area contributed by atoms with Crippen LogP contribution in [0.2, 0.25) is 0 Å². The molecule has 1 amide bonds. The van der Waals surface area contributed by atoms with Crippen molar-refractivity contribution in [3.63, 3.8) is 0 Å². The molecule has 1 saturated carbocycles. The maximum Gasteiger partial charge on any atom is 0.222 e. The van der Waals surface area contributed by atoms with E-state index in [4.69, 9.17) is 4.74 Å². The highest BCUT2D eigenvalue weighted by Gasteiger charge is 2.24. The third-order valence-corrected chi connectivity index (χ3v) is 5.71. The number of amides is 1. The zero-order valence-electron chi connectivity index (χ0n) is 16.0. The van der Waals surface area contributed by atoms with Crippen molar-refractivity contribution in [1.82, 2.24) is 4.90 Å². The second-order valence-electron chi connectivity index (χ2n) is 7.50. The van der Waals surface area contributed by atoms with Crippen molar-refractivity contribution in [2.75, 3.05) is 37.7 Å². The van der Waals surface area contributed by atoms with E-state index < -0.39 is 0 Å². The highest BCUT2D eigenvalue weighted by Crippen LogP contribution is 2.33. The Morgan fingerprint density at radius 1 is 1.15 bits per heavy atom. The lowest BCUT2D eigenvalue weighted by Crippen LogP contribution is -2.48. The maximum atomic E-state index is 12.6. The Hall–Kier alpha value is -1.91. The molecule has 1 aromatic rings. The minimum atomic E-state index is 0.245. The second-order valence-corrected chi connectivity index (χ2v) is 7.50. The Balaban J connectivity index is 1.50. The molecule has 3 rings (SSSR count). The predicted molar refractivity (Wildman–Crippen MR) is 104 cm³/mol. The maximum absolute atomic E-state index is 12.6. The summed E-state index contributed by atoms with van der Waals surface area (Å²) < 4.78 is 5.69. The van der Waals surface area contributed by atoms with Gasteiger partial charge in [-0.1, -0.05) is 32.1 Å². The molecular weight excluding hydrogens is 328 g/mol. The van der Waals surface area contributed by atoms with Gasteiger partial charge < -0.3 is 19.6 Å². The lowest BCUT2D eigenvalue weighted by Gasteiger charge is -2.37. The van der Waals surface area contributed by atoms with Gasteiger partial charge in [-0.2, -0.15) is 0 Å². The van der Waals surface area contributed by atoms with Crippen LogP contribution in [0.15, 0.2) is 18.2 Å². The van der Waals surface area contributed by atoms with Gasteiger partial charge in [0.25, 0.3) is 0 Å². The van der Waals surface area contributed by atoms with Gasteiger partial charge in [-0.05, 0) is 31.4 Å². The van der Waals surface area contributed by atoms with Crippen LogP contribution in [0, 0.1) is 5.92 Å². The first-order chi connectivity index (χ1) is 12.7. The van der Waals surface area contributed by atoms with Gasteiger partial charge in [0, 0.05) is 38.7 Å². The van der Waals surface area contributed by atoms with Crippen LogP contribution < -0.4 is 9.64 Å². The van der Waals surface area contributed by atoms with Gasteiger partial charge in [0.05, 0.1) is 12.3 Å². The zero-order valence-corrected chi connectivity index (χ0v) is 16.0. The first kappa shape index (κ1) is 18.9. The van der Waals surface area contributed by atoms with Crippen LogP contribution in [-0.2, 0) is 4.79 Å². The normalized spacial score (nSPS) is 18.8. The third kappa shape index (κ3) is 4.83. The molecule has 2 fully saturated rings. The Kier molecular flexibility index (Phi) is 6.64. The number of benzene rings is 1. The van der Waals surface area contributed by atoms with E-state index in [0.29, 0.717) is 18.9 Å². The summed E-state index contributed by atoms with van der Waals surface area (Å²) in [6.45, 7) is 5.59. The van der Waals surface area contributed by atoms with Crippen molar-refractivity contribution >= 4 is 11.6 Å². The number of piperazine rings is 1. The van der Waals surface area contributed by atoms with Crippen molar-refractivity contribution in [2.24, 2.45) is 5.92 Å². The number of carbonyl (C=O) groups excluding carboxylic acids is 1. The molecule has 1 aliphatic heterocycles. The molecule has 1 saturated heterocycles. The molecule has 144 valence electrons. The summed E-state index contributed by atoms with van der Waals surface area (Å²) in [5.74, 6) is 2.10. The molecule has 0 atom stereocenters. The minimum Gasteiger partial charge on any atom is -0.508 e. The smallest absolute Gasteiger partial charge is 0.222 e. The largest absolute Gasteiger partial charge is 0.508 e. The molecule has 1 aromatic carbocycles. The average molecular weight is 360 g/mol. The number of hydrogen-bond donors (Lipinski definition) is 1. The van der Waals surface area contributed by atoms with E-state index in [0.717, 1.165) is 50.0 Å². The van der Waals surface area contributed by atoms with E-state index in [1.165, 1.54) is 32.1 Å². The molecule has 0 spiro atoms. The van der Waals surface area contributed by atoms with Crippen LogP contribution in [0.25, 0.3) is 0 Å². The lowest BCUT2D eigenvalue weighted by atomic mass is 9.86. The summed E-state index contributed by atoms with van der Waals surface area (Å²) in [6, 6.07) is 5.22. The highest BCUT2D eigenvalue weighted by atomic mass is 16.5. The van der Waals surface area contributed by atoms with E-state index in [9.17, 15) is 9.90 Å². The Bertz CT molecular complexity index is 591. The van der Waals surface area contributed by atoms with E-state index in [-0.39, 0.29) is 5.75 Å². The summed E-state index contributed by atoms with van der Waals surface area (Å²) in [6.07, 6.45) is 8.40. The number of ether oxygens (including phenoxy) is 1. The molecular formula is C21H32N2O3. The monoisotopic (exact) mass is 360 g/mol. The van der Waals surface area contributed by atoms with Crippen molar-refractivity contribution in [1.29, 1.82) is 0 Å². The predicted octanol–water partition coefficient (Wildman–Crippen LogP) is 3.80. The van der Waals surface area contributed by atoms with Crippen LogP contribution >= 0.6 is 0 Å². The standard InChI is InChI=1S/C21H32N2O3/c1-2-26-20-10-9-18(24)16-19(20)22-12-14-23(15-13-22)21(25)11-8-17-6-4-3-5-7-17/h9-10,16-17,24H,2-8,11-15H2,1H3. The third-order valence-electron chi connectivity index (χ3n) is 5.71. The van der Waals surface area contributed by atoms with Gasteiger partial charge in [-0.15, -0.1) is 0 Å². The number of hydrogen-bond acceptors (Lipinski definition) is 4. The summed E-state index contributed by atoms with van der Waals surface area (Å²) in [4.78, 5) is 16.8. The number of aromatic hydroxyl groups is 1.